The molecule has 0 atom stereocenters. The van der Waals surface area contributed by atoms with E-state index in [9.17, 15) is 9.59 Å². The van der Waals surface area contributed by atoms with Gasteiger partial charge in [0.1, 0.15) is 0 Å². The Balaban J connectivity index is 1.47. The van der Waals surface area contributed by atoms with Gasteiger partial charge in [0.2, 0.25) is 0 Å². The molecule has 0 radical (unpaired) electrons. The summed E-state index contributed by atoms with van der Waals surface area (Å²) in [6.07, 6.45) is 3.27. The molecule has 2 aromatic carbocycles. The first-order valence-electron chi connectivity index (χ1n) is 7.81. The Kier molecular flexibility index (Phi) is 5.74. The summed E-state index contributed by atoms with van der Waals surface area (Å²) in [6, 6.07) is 13.5. The molecule has 0 saturated heterocycles. The van der Waals surface area contributed by atoms with E-state index in [0.717, 1.165) is 28.6 Å². The lowest BCUT2D eigenvalue weighted by atomic mass is 10.0. The fourth-order valence-electron chi connectivity index (χ4n) is 2.69. The highest BCUT2D eigenvalue weighted by atomic mass is 79.9. The molecule has 24 heavy (non-hydrogen) atoms. The van der Waals surface area contributed by atoms with Crippen LogP contribution in [-0.4, -0.2) is 24.1 Å². The number of Topliss-reactive ketones (excluding diaryl/α,β-unsaturated/α-hetero) is 1. The number of ether oxygens (including phenoxy) is 1. The molecule has 0 amide bonds. The van der Waals surface area contributed by atoms with Gasteiger partial charge < -0.3 is 4.74 Å². The Labute approximate surface area is 153 Å². The largest absolute Gasteiger partial charge is 0.457 e. The lowest BCUT2D eigenvalue weighted by Crippen LogP contribution is -2.15. The highest BCUT2D eigenvalue weighted by molar-refractivity contribution is 9.10. The van der Waals surface area contributed by atoms with Gasteiger partial charge in [0.05, 0.1) is 5.75 Å². The Hall–Kier alpha value is -1.59. The van der Waals surface area contributed by atoms with Gasteiger partial charge in [0.25, 0.3) is 0 Å². The molecule has 2 aromatic rings. The van der Waals surface area contributed by atoms with Crippen molar-refractivity contribution in [2.24, 2.45) is 0 Å². The number of aryl methyl sites for hydroxylation is 2. The molecule has 0 aliphatic heterocycles. The lowest BCUT2D eigenvalue weighted by Gasteiger charge is -2.06. The first-order chi connectivity index (χ1) is 11.6. The van der Waals surface area contributed by atoms with Gasteiger partial charge in [0, 0.05) is 14.9 Å². The first kappa shape index (κ1) is 17.2. The van der Waals surface area contributed by atoms with E-state index in [1.165, 1.54) is 22.9 Å². The molecule has 3 nitrogen and oxygen atoms in total. The average Bonchev–Trinajstić information content (AvgIpc) is 3.06. The van der Waals surface area contributed by atoms with Gasteiger partial charge >= 0.3 is 5.97 Å². The summed E-state index contributed by atoms with van der Waals surface area (Å²) in [5, 5.41) is 0. The monoisotopic (exact) mass is 404 g/mol. The fourth-order valence-corrected chi connectivity index (χ4v) is 3.65. The van der Waals surface area contributed by atoms with E-state index in [-0.39, 0.29) is 24.1 Å². The zero-order chi connectivity index (χ0) is 16.9. The van der Waals surface area contributed by atoms with Crippen LogP contribution in [-0.2, 0) is 22.4 Å². The molecule has 1 aliphatic rings. The molecule has 0 heterocycles. The van der Waals surface area contributed by atoms with Gasteiger partial charge in [-0.3, -0.25) is 9.59 Å². The number of rotatable bonds is 6. The van der Waals surface area contributed by atoms with Crippen molar-refractivity contribution in [3.05, 3.63) is 63.6 Å². The van der Waals surface area contributed by atoms with Crippen molar-refractivity contribution in [3.63, 3.8) is 0 Å². The van der Waals surface area contributed by atoms with Crippen LogP contribution >= 0.6 is 27.7 Å². The van der Waals surface area contributed by atoms with E-state index in [1.807, 2.05) is 42.5 Å². The standard InChI is InChI=1S/C19H17BrO3S/c20-16-6-8-17(9-7-16)24-12-19(22)23-11-18(21)15-5-4-13-2-1-3-14(13)10-15/h4-10H,1-3,11-12H2. The Morgan fingerprint density at radius 2 is 1.79 bits per heavy atom. The minimum Gasteiger partial charge on any atom is -0.457 e. The maximum atomic E-state index is 12.2. The van der Waals surface area contributed by atoms with Crippen molar-refractivity contribution < 1.29 is 14.3 Å². The quantitative estimate of drug-likeness (QED) is 0.405. The van der Waals surface area contributed by atoms with Crippen LogP contribution in [0, 0.1) is 0 Å². The summed E-state index contributed by atoms with van der Waals surface area (Å²) >= 11 is 4.76. The maximum Gasteiger partial charge on any atom is 0.316 e. The number of esters is 1. The normalized spacial score (nSPS) is 12.7. The molecule has 0 bridgehead atoms. The third-order valence-corrected chi connectivity index (χ3v) is 5.47. The lowest BCUT2D eigenvalue weighted by molar-refractivity contribution is -0.139. The molecule has 0 saturated carbocycles. The molecule has 124 valence electrons. The van der Waals surface area contributed by atoms with Crippen LogP contribution in [0.5, 0.6) is 0 Å². The van der Waals surface area contributed by atoms with Crippen molar-refractivity contribution in [1.82, 2.24) is 0 Å². The Morgan fingerprint density at radius 3 is 2.58 bits per heavy atom. The van der Waals surface area contributed by atoms with Crippen LogP contribution in [0.15, 0.2) is 51.8 Å². The van der Waals surface area contributed by atoms with E-state index in [2.05, 4.69) is 15.9 Å². The highest BCUT2D eigenvalue weighted by Crippen LogP contribution is 2.23. The summed E-state index contributed by atoms with van der Waals surface area (Å²) < 4.78 is 6.10. The minimum absolute atomic E-state index is 0.147. The Morgan fingerprint density at radius 1 is 1.04 bits per heavy atom. The maximum absolute atomic E-state index is 12.2. The second kappa shape index (κ2) is 7.99. The van der Waals surface area contributed by atoms with Crippen molar-refractivity contribution in [2.45, 2.75) is 24.2 Å². The van der Waals surface area contributed by atoms with Crippen molar-refractivity contribution in [1.29, 1.82) is 0 Å². The molecule has 0 aromatic heterocycles. The number of benzene rings is 2. The minimum atomic E-state index is -0.377. The van der Waals surface area contributed by atoms with Crippen molar-refractivity contribution >= 4 is 39.4 Å². The number of carbonyl (C=O) groups is 2. The van der Waals surface area contributed by atoms with Gasteiger partial charge in [-0.1, -0.05) is 28.1 Å². The van der Waals surface area contributed by atoms with Gasteiger partial charge in [0.15, 0.2) is 12.4 Å². The zero-order valence-electron chi connectivity index (χ0n) is 13.1. The van der Waals surface area contributed by atoms with E-state index in [0.29, 0.717) is 5.56 Å². The van der Waals surface area contributed by atoms with Gasteiger partial charge in [-0.15, -0.1) is 11.8 Å². The topological polar surface area (TPSA) is 43.4 Å². The van der Waals surface area contributed by atoms with Gasteiger partial charge in [-0.2, -0.15) is 0 Å². The molecule has 5 heteroatoms. The van der Waals surface area contributed by atoms with Crippen molar-refractivity contribution in [3.8, 4) is 0 Å². The summed E-state index contributed by atoms with van der Waals surface area (Å²) in [5.41, 5.74) is 3.21. The summed E-state index contributed by atoms with van der Waals surface area (Å²) in [4.78, 5) is 25.0. The molecule has 0 spiro atoms. The third-order valence-electron chi connectivity index (χ3n) is 3.96. The van der Waals surface area contributed by atoms with Gasteiger partial charge in [-0.25, -0.2) is 0 Å². The zero-order valence-corrected chi connectivity index (χ0v) is 15.5. The van der Waals surface area contributed by atoms with Crippen LogP contribution in [0.3, 0.4) is 0 Å². The Bertz CT molecular complexity index is 756. The first-order valence-corrected chi connectivity index (χ1v) is 9.59. The molecular formula is C19H17BrO3S. The number of hydrogen-bond acceptors (Lipinski definition) is 4. The molecule has 1 aliphatic carbocycles. The molecule has 3 rings (SSSR count). The molecule has 0 unspecified atom stereocenters. The molecule has 0 N–H and O–H groups in total. The highest BCUT2D eigenvalue weighted by Gasteiger charge is 2.15. The van der Waals surface area contributed by atoms with Crippen LogP contribution in [0.2, 0.25) is 0 Å². The second-order valence-corrected chi connectivity index (χ2v) is 7.63. The molecule has 0 fully saturated rings. The average molecular weight is 405 g/mol. The molecular weight excluding hydrogens is 388 g/mol. The summed E-state index contributed by atoms with van der Waals surface area (Å²) in [7, 11) is 0. The van der Waals surface area contributed by atoms with Crippen LogP contribution in [0.1, 0.15) is 27.9 Å². The number of ketones is 1. The van der Waals surface area contributed by atoms with E-state index < -0.39 is 0 Å². The number of carbonyl (C=O) groups excluding carboxylic acids is 2. The van der Waals surface area contributed by atoms with E-state index in [1.54, 1.807) is 0 Å². The third kappa shape index (κ3) is 4.48. The number of thioether (sulfide) groups is 1. The summed E-state index contributed by atoms with van der Waals surface area (Å²) in [5.74, 6) is -0.330. The predicted molar refractivity (Wildman–Crippen MR) is 98.6 cm³/mol. The van der Waals surface area contributed by atoms with Crippen LogP contribution in [0.25, 0.3) is 0 Å². The fraction of sp³-hybridized carbons (Fsp3) is 0.263. The van der Waals surface area contributed by atoms with E-state index in [4.69, 9.17) is 4.74 Å². The number of fused-ring (bicyclic) bond motifs is 1. The van der Waals surface area contributed by atoms with Gasteiger partial charge in [-0.05, 0) is 60.7 Å². The second-order valence-electron chi connectivity index (χ2n) is 5.66. The number of hydrogen-bond donors (Lipinski definition) is 0. The summed E-state index contributed by atoms with van der Waals surface area (Å²) in [6.45, 7) is -0.196. The predicted octanol–water partition coefficient (Wildman–Crippen LogP) is 4.46. The van der Waals surface area contributed by atoms with Crippen LogP contribution < -0.4 is 0 Å². The smallest absolute Gasteiger partial charge is 0.316 e. The SMILES string of the molecule is O=C(CSc1ccc(Br)cc1)OCC(=O)c1ccc2c(c1)CCC2. The number of halogens is 1. The van der Waals surface area contributed by atoms with E-state index >= 15 is 0 Å². The van der Waals surface area contributed by atoms with Crippen molar-refractivity contribution in [2.75, 3.05) is 12.4 Å². The van der Waals surface area contributed by atoms with Crippen LogP contribution in [0.4, 0.5) is 0 Å².